The largest absolute Gasteiger partial charge is 0.469 e. The number of rotatable bonds is 5. The SMILES string of the molecule is COC(=O)CC(=O)CCC1C=CC=C1. The summed E-state index contributed by atoms with van der Waals surface area (Å²) < 4.78 is 4.40. The standard InChI is InChI=1S/C11H14O3/c1-14-11(13)8-10(12)7-6-9-4-2-3-5-9/h2-5,9H,6-8H2,1H3. The smallest absolute Gasteiger partial charge is 0.313 e. The van der Waals surface area contributed by atoms with Crippen LogP contribution in [0.2, 0.25) is 0 Å². The Morgan fingerprint density at radius 1 is 1.29 bits per heavy atom. The fourth-order valence-corrected chi connectivity index (χ4v) is 1.32. The van der Waals surface area contributed by atoms with Crippen LogP contribution in [0, 0.1) is 5.92 Å². The van der Waals surface area contributed by atoms with Gasteiger partial charge in [0.15, 0.2) is 0 Å². The normalized spacial score (nSPS) is 14.6. The van der Waals surface area contributed by atoms with Crippen molar-refractivity contribution in [3.05, 3.63) is 24.3 Å². The highest BCUT2D eigenvalue weighted by atomic mass is 16.5. The van der Waals surface area contributed by atoms with E-state index in [0.29, 0.717) is 12.3 Å². The fraction of sp³-hybridized carbons (Fsp3) is 0.455. The van der Waals surface area contributed by atoms with Gasteiger partial charge in [-0.3, -0.25) is 9.59 Å². The number of carbonyl (C=O) groups excluding carboxylic acids is 2. The maximum atomic E-state index is 11.2. The van der Waals surface area contributed by atoms with Gasteiger partial charge in [-0.1, -0.05) is 24.3 Å². The number of hydrogen-bond acceptors (Lipinski definition) is 3. The summed E-state index contributed by atoms with van der Waals surface area (Å²) in [7, 11) is 1.29. The number of hydrogen-bond donors (Lipinski definition) is 0. The van der Waals surface area contributed by atoms with Gasteiger partial charge < -0.3 is 4.74 Å². The first-order chi connectivity index (χ1) is 6.72. The molecular formula is C11H14O3. The summed E-state index contributed by atoms with van der Waals surface area (Å²) >= 11 is 0. The van der Waals surface area contributed by atoms with E-state index in [2.05, 4.69) is 4.74 Å². The molecule has 0 aromatic rings. The molecule has 0 spiro atoms. The van der Waals surface area contributed by atoms with Crippen LogP contribution in [0.5, 0.6) is 0 Å². The highest BCUT2D eigenvalue weighted by Gasteiger charge is 2.11. The van der Waals surface area contributed by atoms with Gasteiger partial charge in [-0.05, 0) is 12.3 Å². The van der Waals surface area contributed by atoms with Crippen molar-refractivity contribution in [3.8, 4) is 0 Å². The molecule has 0 heterocycles. The minimum absolute atomic E-state index is 0.0504. The Hall–Kier alpha value is -1.38. The molecule has 14 heavy (non-hydrogen) atoms. The lowest BCUT2D eigenvalue weighted by molar-refractivity contribution is -0.143. The molecule has 3 nitrogen and oxygen atoms in total. The molecule has 0 radical (unpaired) electrons. The average Bonchev–Trinajstić information content (AvgIpc) is 2.67. The van der Waals surface area contributed by atoms with E-state index in [9.17, 15) is 9.59 Å². The summed E-state index contributed by atoms with van der Waals surface area (Å²) in [4.78, 5) is 22.0. The lowest BCUT2D eigenvalue weighted by Crippen LogP contribution is -2.09. The number of allylic oxidation sites excluding steroid dienone is 4. The van der Waals surface area contributed by atoms with E-state index in [-0.39, 0.29) is 12.2 Å². The topological polar surface area (TPSA) is 43.4 Å². The number of ketones is 1. The highest BCUT2D eigenvalue weighted by molar-refractivity contribution is 5.95. The van der Waals surface area contributed by atoms with E-state index in [0.717, 1.165) is 6.42 Å². The van der Waals surface area contributed by atoms with Crippen LogP contribution in [0.3, 0.4) is 0 Å². The van der Waals surface area contributed by atoms with Crippen molar-refractivity contribution in [2.24, 2.45) is 5.92 Å². The number of ether oxygens (including phenoxy) is 1. The summed E-state index contributed by atoms with van der Waals surface area (Å²) in [6, 6.07) is 0. The molecule has 0 fully saturated rings. The maximum absolute atomic E-state index is 11.2. The molecule has 0 saturated carbocycles. The van der Waals surface area contributed by atoms with Crippen LogP contribution in [-0.2, 0) is 14.3 Å². The minimum Gasteiger partial charge on any atom is -0.469 e. The van der Waals surface area contributed by atoms with Crippen molar-refractivity contribution in [3.63, 3.8) is 0 Å². The van der Waals surface area contributed by atoms with Crippen molar-refractivity contribution in [1.82, 2.24) is 0 Å². The molecule has 1 aliphatic rings. The zero-order valence-corrected chi connectivity index (χ0v) is 8.23. The van der Waals surface area contributed by atoms with Crippen molar-refractivity contribution >= 4 is 11.8 Å². The minimum atomic E-state index is -0.451. The summed E-state index contributed by atoms with van der Waals surface area (Å²) in [5, 5.41) is 0. The van der Waals surface area contributed by atoms with Crippen LogP contribution in [0.1, 0.15) is 19.3 Å². The first-order valence-corrected chi connectivity index (χ1v) is 4.66. The molecule has 0 amide bonds. The second-order valence-electron chi connectivity index (χ2n) is 3.26. The van der Waals surface area contributed by atoms with Crippen molar-refractivity contribution in [2.45, 2.75) is 19.3 Å². The van der Waals surface area contributed by atoms with E-state index in [1.54, 1.807) is 0 Å². The molecule has 1 aliphatic carbocycles. The molecule has 0 atom stereocenters. The second-order valence-corrected chi connectivity index (χ2v) is 3.26. The average molecular weight is 194 g/mol. The Labute approximate surface area is 83.4 Å². The third kappa shape index (κ3) is 3.56. The van der Waals surface area contributed by atoms with Crippen LogP contribution >= 0.6 is 0 Å². The van der Waals surface area contributed by atoms with Crippen LogP contribution in [0.4, 0.5) is 0 Å². The van der Waals surface area contributed by atoms with E-state index in [1.165, 1.54) is 7.11 Å². The fourth-order valence-electron chi connectivity index (χ4n) is 1.32. The molecule has 1 rings (SSSR count). The zero-order valence-electron chi connectivity index (χ0n) is 8.23. The highest BCUT2D eigenvalue weighted by Crippen LogP contribution is 2.15. The van der Waals surface area contributed by atoms with E-state index < -0.39 is 5.97 Å². The van der Waals surface area contributed by atoms with Gasteiger partial charge >= 0.3 is 5.97 Å². The Kier molecular flexibility index (Phi) is 4.11. The summed E-state index contributed by atoms with van der Waals surface area (Å²) in [5.74, 6) is -0.144. The third-order valence-electron chi connectivity index (χ3n) is 2.15. The monoisotopic (exact) mass is 194 g/mol. The molecular weight excluding hydrogens is 180 g/mol. The Morgan fingerprint density at radius 2 is 1.93 bits per heavy atom. The van der Waals surface area contributed by atoms with Gasteiger partial charge in [0.25, 0.3) is 0 Å². The quantitative estimate of drug-likeness (QED) is 0.493. The van der Waals surface area contributed by atoms with Crippen molar-refractivity contribution in [2.75, 3.05) is 7.11 Å². The van der Waals surface area contributed by atoms with Crippen molar-refractivity contribution in [1.29, 1.82) is 0 Å². The van der Waals surface area contributed by atoms with Crippen LogP contribution in [0.15, 0.2) is 24.3 Å². The molecule has 0 bridgehead atoms. The Bertz CT molecular complexity index is 264. The van der Waals surface area contributed by atoms with Crippen LogP contribution < -0.4 is 0 Å². The summed E-state index contributed by atoms with van der Waals surface area (Å²) in [6.07, 6.45) is 9.15. The number of esters is 1. The van der Waals surface area contributed by atoms with Gasteiger partial charge in [0, 0.05) is 6.42 Å². The van der Waals surface area contributed by atoms with Gasteiger partial charge in [-0.15, -0.1) is 0 Å². The number of carbonyl (C=O) groups is 2. The van der Waals surface area contributed by atoms with Gasteiger partial charge in [-0.2, -0.15) is 0 Å². The summed E-state index contributed by atoms with van der Waals surface area (Å²) in [6.45, 7) is 0. The van der Waals surface area contributed by atoms with E-state index in [1.807, 2.05) is 24.3 Å². The Morgan fingerprint density at radius 3 is 2.50 bits per heavy atom. The van der Waals surface area contributed by atoms with Crippen LogP contribution in [0.25, 0.3) is 0 Å². The van der Waals surface area contributed by atoms with Gasteiger partial charge in [-0.25, -0.2) is 0 Å². The molecule has 0 N–H and O–H groups in total. The number of Topliss-reactive ketones (excluding diaryl/α,β-unsaturated/α-hetero) is 1. The molecule has 0 unspecified atom stereocenters. The molecule has 0 aromatic heterocycles. The second kappa shape index (κ2) is 5.37. The molecule has 0 saturated heterocycles. The molecule has 3 heteroatoms. The molecule has 76 valence electrons. The van der Waals surface area contributed by atoms with Gasteiger partial charge in [0.05, 0.1) is 7.11 Å². The summed E-state index contributed by atoms with van der Waals surface area (Å²) in [5.41, 5.74) is 0. The van der Waals surface area contributed by atoms with Crippen molar-refractivity contribution < 1.29 is 14.3 Å². The molecule has 0 aliphatic heterocycles. The first kappa shape index (κ1) is 10.7. The van der Waals surface area contributed by atoms with Gasteiger partial charge in [0.2, 0.25) is 0 Å². The maximum Gasteiger partial charge on any atom is 0.313 e. The zero-order chi connectivity index (χ0) is 10.4. The molecule has 0 aromatic carbocycles. The first-order valence-electron chi connectivity index (χ1n) is 4.66. The van der Waals surface area contributed by atoms with E-state index in [4.69, 9.17) is 0 Å². The van der Waals surface area contributed by atoms with E-state index >= 15 is 0 Å². The third-order valence-corrected chi connectivity index (χ3v) is 2.15. The Balaban J connectivity index is 2.18. The predicted octanol–water partition coefficient (Wildman–Crippen LogP) is 1.64. The predicted molar refractivity (Wildman–Crippen MR) is 52.6 cm³/mol. The van der Waals surface area contributed by atoms with Gasteiger partial charge in [0.1, 0.15) is 12.2 Å². The number of methoxy groups -OCH3 is 1. The lowest BCUT2D eigenvalue weighted by atomic mass is 10.0. The lowest BCUT2D eigenvalue weighted by Gasteiger charge is -2.03. The van der Waals surface area contributed by atoms with Crippen LogP contribution in [-0.4, -0.2) is 18.9 Å².